The number of carbonyl (C=O) groups excluding carboxylic acids is 1. The molecule has 0 radical (unpaired) electrons. The van der Waals surface area contributed by atoms with E-state index in [1.165, 1.54) is 0 Å². The molecule has 15 heavy (non-hydrogen) atoms. The first-order valence-corrected chi connectivity index (χ1v) is 6.28. The Hall–Kier alpha value is -0.370. The first-order valence-electron chi connectivity index (χ1n) is 6.28. The summed E-state index contributed by atoms with van der Waals surface area (Å²) in [5.74, 6) is 0.718. The molecule has 1 rings (SSSR count). The molecular weight excluding hydrogens is 188 g/mol. The van der Waals surface area contributed by atoms with Gasteiger partial charge in [-0.15, -0.1) is 0 Å². The van der Waals surface area contributed by atoms with Gasteiger partial charge in [0.25, 0.3) is 0 Å². The van der Waals surface area contributed by atoms with Crippen molar-refractivity contribution in [2.75, 3.05) is 6.61 Å². The summed E-state index contributed by atoms with van der Waals surface area (Å²) in [6, 6.07) is 0. The Labute approximate surface area is 93.4 Å². The van der Waals surface area contributed by atoms with Gasteiger partial charge in [-0.3, -0.25) is 4.79 Å². The van der Waals surface area contributed by atoms with Crippen LogP contribution in [0.1, 0.15) is 59.3 Å². The van der Waals surface area contributed by atoms with Crippen LogP contribution in [0.3, 0.4) is 0 Å². The molecule has 0 bridgehead atoms. The molecule has 1 aliphatic heterocycles. The number of unbranched alkanes of at least 4 members (excludes halogenated alkanes) is 1. The highest BCUT2D eigenvalue weighted by Crippen LogP contribution is 2.32. The third-order valence-corrected chi connectivity index (χ3v) is 3.57. The average Bonchev–Trinajstić information content (AvgIpc) is 2.26. The van der Waals surface area contributed by atoms with Gasteiger partial charge in [0.15, 0.2) is 0 Å². The van der Waals surface area contributed by atoms with E-state index in [0.717, 1.165) is 45.1 Å². The van der Waals surface area contributed by atoms with Gasteiger partial charge in [-0.25, -0.2) is 0 Å². The van der Waals surface area contributed by atoms with Gasteiger partial charge in [0, 0.05) is 18.9 Å². The minimum absolute atomic E-state index is 0.0508. The van der Waals surface area contributed by atoms with Crippen molar-refractivity contribution in [1.29, 1.82) is 0 Å². The molecule has 0 saturated carbocycles. The molecular formula is C13H24O2. The zero-order valence-corrected chi connectivity index (χ0v) is 10.3. The van der Waals surface area contributed by atoms with Crippen molar-refractivity contribution >= 4 is 5.78 Å². The lowest BCUT2D eigenvalue weighted by Gasteiger charge is -2.37. The topological polar surface area (TPSA) is 26.3 Å². The monoisotopic (exact) mass is 212 g/mol. The molecule has 0 aliphatic carbocycles. The summed E-state index contributed by atoms with van der Waals surface area (Å²) in [6.07, 6.45) is 5.77. The molecule has 1 fully saturated rings. The van der Waals surface area contributed by atoms with E-state index >= 15 is 0 Å². The molecule has 1 aliphatic rings. The molecule has 0 amide bonds. The fourth-order valence-electron chi connectivity index (χ4n) is 2.21. The van der Waals surface area contributed by atoms with E-state index in [9.17, 15) is 4.79 Å². The van der Waals surface area contributed by atoms with E-state index in [1.807, 2.05) is 0 Å². The summed E-state index contributed by atoms with van der Waals surface area (Å²) in [5, 5.41) is 0. The lowest BCUT2D eigenvalue weighted by molar-refractivity contribution is -0.135. The van der Waals surface area contributed by atoms with Crippen molar-refractivity contribution in [3.05, 3.63) is 0 Å². The van der Waals surface area contributed by atoms with Crippen LogP contribution in [-0.4, -0.2) is 18.0 Å². The predicted octanol–water partition coefficient (Wildman–Crippen LogP) is 3.34. The molecule has 0 aromatic heterocycles. The van der Waals surface area contributed by atoms with Gasteiger partial charge in [-0.1, -0.05) is 20.3 Å². The van der Waals surface area contributed by atoms with Crippen molar-refractivity contribution in [1.82, 2.24) is 0 Å². The largest absolute Gasteiger partial charge is 0.375 e. The molecule has 2 atom stereocenters. The molecule has 1 heterocycles. The highest BCUT2D eigenvalue weighted by atomic mass is 16.5. The summed E-state index contributed by atoms with van der Waals surface area (Å²) in [7, 11) is 0. The Balaban J connectivity index is 2.45. The van der Waals surface area contributed by atoms with Gasteiger partial charge in [0.2, 0.25) is 0 Å². The standard InChI is InChI=1S/C13H24O2/c1-4-6-7-12(14)11-8-9-15-13(3,5-2)10-11/h11H,4-10H2,1-3H3/t11-,13+/m1/s1. The van der Waals surface area contributed by atoms with Crippen LogP contribution in [0.2, 0.25) is 0 Å². The maximum atomic E-state index is 11.9. The number of hydrogen-bond acceptors (Lipinski definition) is 2. The summed E-state index contributed by atoms with van der Waals surface area (Å²) >= 11 is 0. The SMILES string of the molecule is CCCCC(=O)[C@@H]1CCO[C@@](C)(CC)C1. The van der Waals surface area contributed by atoms with Crippen LogP contribution in [0.25, 0.3) is 0 Å². The van der Waals surface area contributed by atoms with Crippen LogP contribution in [-0.2, 0) is 9.53 Å². The third kappa shape index (κ3) is 3.60. The summed E-state index contributed by atoms with van der Waals surface area (Å²) < 4.78 is 5.75. The predicted molar refractivity (Wildman–Crippen MR) is 61.9 cm³/mol. The highest BCUT2D eigenvalue weighted by molar-refractivity contribution is 5.81. The van der Waals surface area contributed by atoms with E-state index in [1.54, 1.807) is 0 Å². The Morgan fingerprint density at radius 3 is 2.80 bits per heavy atom. The molecule has 1 saturated heterocycles. The Bertz CT molecular complexity index is 213. The highest BCUT2D eigenvalue weighted by Gasteiger charge is 2.34. The minimum atomic E-state index is -0.0508. The zero-order valence-electron chi connectivity index (χ0n) is 10.3. The summed E-state index contributed by atoms with van der Waals surface area (Å²) in [6.45, 7) is 7.16. The second-order valence-electron chi connectivity index (χ2n) is 4.91. The summed E-state index contributed by atoms with van der Waals surface area (Å²) in [4.78, 5) is 11.9. The van der Waals surface area contributed by atoms with Crippen LogP contribution in [0.4, 0.5) is 0 Å². The number of ketones is 1. The fraction of sp³-hybridized carbons (Fsp3) is 0.923. The van der Waals surface area contributed by atoms with Crippen molar-refractivity contribution in [2.24, 2.45) is 5.92 Å². The number of rotatable bonds is 5. The van der Waals surface area contributed by atoms with Crippen LogP contribution in [0.5, 0.6) is 0 Å². The van der Waals surface area contributed by atoms with Crippen molar-refractivity contribution < 1.29 is 9.53 Å². The zero-order chi connectivity index (χ0) is 11.3. The minimum Gasteiger partial charge on any atom is -0.375 e. The fourth-order valence-corrected chi connectivity index (χ4v) is 2.21. The van der Waals surface area contributed by atoms with E-state index in [0.29, 0.717) is 5.78 Å². The first-order chi connectivity index (χ1) is 7.11. The van der Waals surface area contributed by atoms with Gasteiger partial charge in [0.1, 0.15) is 5.78 Å². The number of hydrogen-bond donors (Lipinski definition) is 0. The molecule has 0 N–H and O–H groups in total. The average molecular weight is 212 g/mol. The third-order valence-electron chi connectivity index (χ3n) is 3.57. The Kier molecular flexibility index (Phi) is 4.78. The maximum Gasteiger partial charge on any atom is 0.136 e. The van der Waals surface area contributed by atoms with Crippen LogP contribution < -0.4 is 0 Å². The van der Waals surface area contributed by atoms with E-state index < -0.39 is 0 Å². The van der Waals surface area contributed by atoms with Gasteiger partial charge >= 0.3 is 0 Å². The first kappa shape index (κ1) is 12.7. The Morgan fingerprint density at radius 2 is 2.20 bits per heavy atom. The van der Waals surface area contributed by atoms with Gasteiger partial charge in [-0.05, 0) is 32.6 Å². The summed E-state index contributed by atoms with van der Waals surface area (Å²) in [5.41, 5.74) is -0.0508. The van der Waals surface area contributed by atoms with E-state index in [2.05, 4.69) is 20.8 Å². The number of Topliss-reactive ketones (excluding diaryl/α,β-unsaturated/α-hetero) is 1. The second-order valence-corrected chi connectivity index (χ2v) is 4.91. The second kappa shape index (κ2) is 5.64. The van der Waals surface area contributed by atoms with E-state index in [4.69, 9.17) is 4.74 Å². The van der Waals surface area contributed by atoms with Crippen LogP contribution >= 0.6 is 0 Å². The molecule has 0 aromatic carbocycles. The van der Waals surface area contributed by atoms with Gasteiger partial charge < -0.3 is 4.74 Å². The van der Waals surface area contributed by atoms with Gasteiger partial charge in [-0.2, -0.15) is 0 Å². The van der Waals surface area contributed by atoms with Crippen LogP contribution in [0.15, 0.2) is 0 Å². The molecule has 0 aromatic rings. The molecule has 88 valence electrons. The smallest absolute Gasteiger partial charge is 0.136 e. The molecule has 2 heteroatoms. The molecule has 2 nitrogen and oxygen atoms in total. The van der Waals surface area contributed by atoms with Gasteiger partial charge in [0.05, 0.1) is 5.60 Å². The van der Waals surface area contributed by atoms with Crippen LogP contribution in [0, 0.1) is 5.92 Å². The Morgan fingerprint density at radius 1 is 1.47 bits per heavy atom. The lowest BCUT2D eigenvalue weighted by Crippen LogP contribution is -2.39. The molecule has 0 unspecified atom stereocenters. The number of carbonyl (C=O) groups is 1. The quantitative estimate of drug-likeness (QED) is 0.698. The number of ether oxygens (including phenoxy) is 1. The normalized spacial score (nSPS) is 31.5. The molecule has 0 spiro atoms. The lowest BCUT2D eigenvalue weighted by atomic mass is 9.82. The van der Waals surface area contributed by atoms with Crippen molar-refractivity contribution in [3.63, 3.8) is 0 Å². The van der Waals surface area contributed by atoms with E-state index in [-0.39, 0.29) is 11.5 Å². The van der Waals surface area contributed by atoms with Crippen molar-refractivity contribution in [3.8, 4) is 0 Å². The van der Waals surface area contributed by atoms with Crippen molar-refractivity contribution in [2.45, 2.75) is 64.9 Å². The maximum absolute atomic E-state index is 11.9.